The van der Waals surface area contributed by atoms with Crippen LogP contribution in [0.25, 0.3) is 0 Å². The molecule has 0 bridgehead atoms. The summed E-state index contributed by atoms with van der Waals surface area (Å²) in [6.07, 6.45) is 10.5. The molecule has 1 amide bonds. The number of hydrogen-bond acceptors (Lipinski definition) is 3. The molecule has 5 nitrogen and oxygen atoms in total. The Morgan fingerprint density at radius 2 is 1.54 bits per heavy atom. The van der Waals surface area contributed by atoms with Gasteiger partial charge in [-0.25, -0.2) is 0 Å². The maximum Gasteiger partial charge on any atom is 0.250 e. The first-order chi connectivity index (χ1) is 16.9. The number of nitrogens with zero attached hydrogens (tertiary/aromatic N) is 1. The Kier molecular flexibility index (Phi) is 10.3. The van der Waals surface area contributed by atoms with Crippen LogP contribution in [0.5, 0.6) is 0 Å². The van der Waals surface area contributed by atoms with Crippen LogP contribution in [0.2, 0.25) is 5.02 Å². The van der Waals surface area contributed by atoms with E-state index in [1.54, 1.807) is 23.8 Å². The molecular weight excluding hydrogens is 460 g/mol. The lowest BCUT2D eigenvalue weighted by Crippen LogP contribution is -2.18. The standard InChI is InChI=1S/C24H23ClN2O3.C5H10/c1-17(28)5-6-18-3-2-4-22(13-18)26-23(29)14-19-7-9-20(10-8-19)15-27-16-21(25)11-12-24(27)30;1-2-4-5-3-1/h2-4,7-13,16H,5-6,14-15H2,1H3,(H,26,29);1-5H2. The summed E-state index contributed by atoms with van der Waals surface area (Å²) in [5.74, 6) is 0.0330. The summed E-state index contributed by atoms with van der Waals surface area (Å²) in [5, 5.41) is 3.41. The molecule has 0 saturated heterocycles. The van der Waals surface area contributed by atoms with E-state index >= 15 is 0 Å². The SMILES string of the molecule is C1CCCC1.CC(=O)CCc1cccc(NC(=O)Cc2ccc(Cn3cc(Cl)ccc3=O)cc2)c1. The maximum absolute atomic E-state index is 12.4. The third-order valence-electron chi connectivity index (χ3n) is 5.91. The van der Waals surface area contributed by atoms with Crippen LogP contribution < -0.4 is 10.9 Å². The number of benzene rings is 2. The lowest BCUT2D eigenvalue weighted by Gasteiger charge is -2.09. The van der Waals surface area contributed by atoms with Crippen LogP contribution in [-0.2, 0) is 29.0 Å². The molecule has 1 heterocycles. The van der Waals surface area contributed by atoms with Crippen LogP contribution >= 0.6 is 11.6 Å². The largest absolute Gasteiger partial charge is 0.326 e. The second-order valence-electron chi connectivity index (χ2n) is 9.03. The summed E-state index contributed by atoms with van der Waals surface area (Å²) < 4.78 is 1.54. The molecule has 1 aliphatic rings. The number of hydrogen-bond donors (Lipinski definition) is 1. The number of carbonyl (C=O) groups excluding carboxylic acids is 2. The number of pyridine rings is 1. The predicted molar refractivity (Wildman–Crippen MR) is 142 cm³/mol. The summed E-state index contributed by atoms with van der Waals surface area (Å²) >= 11 is 5.95. The van der Waals surface area contributed by atoms with Crippen molar-refractivity contribution in [2.24, 2.45) is 0 Å². The Labute approximate surface area is 212 Å². The van der Waals surface area contributed by atoms with Gasteiger partial charge in [0.15, 0.2) is 0 Å². The minimum absolute atomic E-state index is 0.113. The number of anilines is 1. The van der Waals surface area contributed by atoms with E-state index in [1.807, 2.05) is 48.5 Å². The molecule has 1 aromatic heterocycles. The summed E-state index contributed by atoms with van der Waals surface area (Å²) in [4.78, 5) is 35.4. The molecular formula is C29H33ClN2O3. The van der Waals surface area contributed by atoms with E-state index in [2.05, 4.69) is 5.32 Å². The predicted octanol–water partition coefficient (Wildman–Crippen LogP) is 6.20. The van der Waals surface area contributed by atoms with Crippen molar-refractivity contribution in [1.82, 2.24) is 4.57 Å². The topological polar surface area (TPSA) is 68.2 Å². The quantitative estimate of drug-likeness (QED) is 0.407. The second-order valence-corrected chi connectivity index (χ2v) is 9.46. The lowest BCUT2D eigenvalue weighted by molar-refractivity contribution is -0.117. The molecule has 0 radical (unpaired) electrons. The lowest BCUT2D eigenvalue weighted by atomic mass is 10.1. The second kappa shape index (κ2) is 13.6. The highest BCUT2D eigenvalue weighted by molar-refractivity contribution is 6.30. The van der Waals surface area contributed by atoms with Crippen LogP contribution in [0.4, 0.5) is 5.69 Å². The third-order valence-corrected chi connectivity index (χ3v) is 6.14. The smallest absolute Gasteiger partial charge is 0.250 e. The molecule has 1 N–H and O–H groups in total. The minimum Gasteiger partial charge on any atom is -0.326 e. The average molecular weight is 493 g/mol. The third kappa shape index (κ3) is 9.53. The van der Waals surface area contributed by atoms with Crippen LogP contribution in [0.3, 0.4) is 0 Å². The van der Waals surface area contributed by atoms with E-state index in [-0.39, 0.29) is 23.7 Å². The van der Waals surface area contributed by atoms with Crippen molar-refractivity contribution in [2.45, 2.75) is 64.8 Å². The van der Waals surface area contributed by atoms with Crippen molar-refractivity contribution in [3.05, 3.63) is 98.9 Å². The van der Waals surface area contributed by atoms with E-state index in [0.717, 1.165) is 22.4 Å². The summed E-state index contributed by atoms with van der Waals surface area (Å²) in [7, 11) is 0. The molecule has 184 valence electrons. The van der Waals surface area contributed by atoms with Gasteiger partial charge in [0.05, 0.1) is 18.0 Å². The Morgan fingerprint density at radius 1 is 0.886 bits per heavy atom. The first-order valence-corrected chi connectivity index (χ1v) is 12.6. The number of halogens is 1. The van der Waals surface area contributed by atoms with Crippen molar-refractivity contribution in [3.63, 3.8) is 0 Å². The molecule has 0 atom stereocenters. The molecule has 1 fully saturated rings. The monoisotopic (exact) mass is 492 g/mol. The number of aromatic nitrogens is 1. The normalized spacial score (nSPS) is 12.5. The highest BCUT2D eigenvalue weighted by Gasteiger charge is 2.06. The number of aryl methyl sites for hydroxylation is 1. The number of Topliss-reactive ketones (excluding diaryl/α,β-unsaturated/α-hetero) is 1. The van der Waals surface area contributed by atoms with Crippen molar-refractivity contribution in [1.29, 1.82) is 0 Å². The number of nitrogens with one attached hydrogen (secondary N) is 1. The fraction of sp³-hybridized carbons (Fsp3) is 0.345. The van der Waals surface area contributed by atoms with Crippen LogP contribution in [0, 0.1) is 0 Å². The van der Waals surface area contributed by atoms with Gasteiger partial charge in [-0.1, -0.05) is 80.1 Å². The molecule has 3 aromatic rings. The Hall–Kier alpha value is -3.18. The van der Waals surface area contributed by atoms with E-state index in [9.17, 15) is 14.4 Å². The molecule has 1 aliphatic carbocycles. The number of carbonyl (C=O) groups is 2. The zero-order chi connectivity index (χ0) is 25.0. The highest BCUT2D eigenvalue weighted by Crippen LogP contribution is 2.15. The van der Waals surface area contributed by atoms with Crippen LogP contribution in [-0.4, -0.2) is 16.3 Å². The molecule has 0 spiro atoms. The van der Waals surface area contributed by atoms with E-state index in [1.165, 1.54) is 38.2 Å². The Morgan fingerprint density at radius 3 is 2.20 bits per heavy atom. The van der Waals surface area contributed by atoms with Gasteiger partial charge in [-0.3, -0.25) is 9.59 Å². The van der Waals surface area contributed by atoms with Crippen molar-refractivity contribution < 1.29 is 9.59 Å². The minimum atomic E-state index is -0.117. The first-order valence-electron chi connectivity index (χ1n) is 12.2. The van der Waals surface area contributed by atoms with Crippen LogP contribution in [0.1, 0.15) is 62.1 Å². The zero-order valence-electron chi connectivity index (χ0n) is 20.3. The highest BCUT2D eigenvalue weighted by atomic mass is 35.5. The number of amides is 1. The molecule has 0 unspecified atom stereocenters. The van der Waals surface area contributed by atoms with E-state index < -0.39 is 0 Å². The maximum atomic E-state index is 12.4. The van der Waals surface area contributed by atoms with Gasteiger partial charge in [0.1, 0.15) is 5.78 Å². The fourth-order valence-corrected chi connectivity index (χ4v) is 4.17. The fourth-order valence-electron chi connectivity index (χ4n) is 3.98. The average Bonchev–Trinajstić information content (AvgIpc) is 3.42. The Bertz CT molecular complexity index is 1170. The van der Waals surface area contributed by atoms with Crippen molar-refractivity contribution in [3.8, 4) is 0 Å². The summed E-state index contributed by atoms with van der Waals surface area (Å²) in [6, 6.07) is 18.1. The van der Waals surface area contributed by atoms with Gasteiger partial charge in [0, 0.05) is 24.4 Å². The first kappa shape index (κ1) is 26.4. The van der Waals surface area contributed by atoms with Crippen LogP contribution in [0.15, 0.2) is 71.7 Å². The molecule has 4 rings (SSSR count). The zero-order valence-corrected chi connectivity index (χ0v) is 21.0. The molecule has 1 saturated carbocycles. The van der Waals surface area contributed by atoms with Gasteiger partial charge in [-0.15, -0.1) is 0 Å². The van der Waals surface area contributed by atoms with Gasteiger partial charge >= 0.3 is 0 Å². The van der Waals surface area contributed by atoms with E-state index in [0.29, 0.717) is 24.4 Å². The van der Waals surface area contributed by atoms with Gasteiger partial charge in [0.25, 0.3) is 5.56 Å². The van der Waals surface area contributed by atoms with Crippen molar-refractivity contribution in [2.75, 3.05) is 5.32 Å². The summed E-state index contributed by atoms with van der Waals surface area (Å²) in [6.45, 7) is 1.99. The van der Waals surface area contributed by atoms with Gasteiger partial charge in [0.2, 0.25) is 5.91 Å². The number of rotatable bonds is 8. The molecule has 35 heavy (non-hydrogen) atoms. The van der Waals surface area contributed by atoms with Gasteiger partial charge < -0.3 is 14.7 Å². The van der Waals surface area contributed by atoms with E-state index in [4.69, 9.17) is 11.6 Å². The van der Waals surface area contributed by atoms with Gasteiger partial charge in [-0.05, 0) is 48.2 Å². The van der Waals surface area contributed by atoms with Crippen molar-refractivity contribution >= 4 is 29.0 Å². The molecule has 2 aromatic carbocycles. The summed E-state index contributed by atoms with van der Waals surface area (Å²) in [5.41, 5.74) is 3.44. The Balaban J connectivity index is 0.000000607. The number of ketones is 1. The molecule has 0 aliphatic heterocycles. The van der Waals surface area contributed by atoms with Gasteiger partial charge in [-0.2, -0.15) is 0 Å². The molecule has 6 heteroatoms.